The molecule has 0 saturated heterocycles. The van der Waals surface area contributed by atoms with Crippen LogP contribution in [0.15, 0.2) is 0 Å². The van der Waals surface area contributed by atoms with Crippen molar-refractivity contribution < 1.29 is 18.7 Å². The van der Waals surface area contributed by atoms with Crippen LogP contribution in [0.5, 0.6) is 0 Å². The van der Waals surface area contributed by atoms with Crippen molar-refractivity contribution in [1.29, 1.82) is 0 Å². The smallest absolute Gasteiger partial charge is 0.303 e. The zero-order chi connectivity index (χ0) is 8.15. The minimum absolute atomic E-state index is 0.465. The lowest BCUT2D eigenvalue weighted by molar-refractivity contribution is -0.146. The molecule has 0 bridgehead atoms. The van der Waals surface area contributed by atoms with Crippen LogP contribution >= 0.6 is 0 Å². The van der Waals surface area contributed by atoms with Crippen LogP contribution in [0.2, 0.25) is 0 Å². The lowest BCUT2D eigenvalue weighted by atomic mass is 10.3. The van der Waals surface area contributed by atoms with E-state index in [1.807, 2.05) is 0 Å². The van der Waals surface area contributed by atoms with Crippen LogP contribution in [-0.2, 0) is 14.3 Å². The molecular formula is C6H9FO3. The quantitative estimate of drug-likeness (QED) is 0.546. The number of alkyl halides is 1. The molecule has 58 valence electrons. The number of esters is 1. The summed E-state index contributed by atoms with van der Waals surface area (Å²) in [5.41, 5.74) is 0. The van der Waals surface area contributed by atoms with E-state index in [9.17, 15) is 14.0 Å². The van der Waals surface area contributed by atoms with Gasteiger partial charge in [0.15, 0.2) is 12.8 Å². The molecule has 0 radical (unpaired) electrons. The predicted molar refractivity (Wildman–Crippen MR) is 32.2 cm³/mol. The van der Waals surface area contributed by atoms with Gasteiger partial charge in [-0.1, -0.05) is 0 Å². The Labute approximate surface area is 58.2 Å². The molecule has 0 saturated carbocycles. The average molecular weight is 148 g/mol. The van der Waals surface area contributed by atoms with Crippen molar-refractivity contribution in [1.82, 2.24) is 0 Å². The van der Waals surface area contributed by atoms with E-state index in [-0.39, 0.29) is 0 Å². The number of hydrogen-bond donors (Lipinski definition) is 0. The second kappa shape index (κ2) is 3.98. The highest BCUT2D eigenvalue weighted by Gasteiger charge is 2.11. The Kier molecular flexibility index (Phi) is 3.61. The van der Waals surface area contributed by atoms with Crippen LogP contribution in [0, 0.1) is 0 Å². The van der Waals surface area contributed by atoms with Gasteiger partial charge < -0.3 is 4.74 Å². The molecule has 0 amide bonds. The van der Waals surface area contributed by atoms with E-state index in [1.54, 1.807) is 0 Å². The van der Waals surface area contributed by atoms with Crippen molar-refractivity contribution in [2.75, 3.05) is 6.61 Å². The largest absolute Gasteiger partial charge is 0.458 e. The first-order chi connectivity index (χ1) is 4.54. The van der Waals surface area contributed by atoms with Crippen LogP contribution < -0.4 is 0 Å². The van der Waals surface area contributed by atoms with Crippen molar-refractivity contribution in [3.63, 3.8) is 0 Å². The topological polar surface area (TPSA) is 43.4 Å². The standard InChI is InChI=1S/C6H9FO3/c1-4(7)6(9)3-10-5(2)8/h4H,3H2,1-2H3. The van der Waals surface area contributed by atoms with Gasteiger partial charge in [0.05, 0.1) is 0 Å². The Balaban J connectivity index is 3.50. The molecule has 0 aliphatic heterocycles. The van der Waals surface area contributed by atoms with E-state index in [4.69, 9.17) is 0 Å². The summed E-state index contributed by atoms with van der Waals surface area (Å²) in [6, 6.07) is 0. The van der Waals surface area contributed by atoms with Crippen molar-refractivity contribution in [2.24, 2.45) is 0 Å². The van der Waals surface area contributed by atoms with E-state index in [2.05, 4.69) is 4.74 Å². The molecule has 3 nitrogen and oxygen atoms in total. The van der Waals surface area contributed by atoms with Gasteiger partial charge in [0.2, 0.25) is 5.78 Å². The van der Waals surface area contributed by atoms with E-state index >= 15 is 0 Å². The van der Waals surface area contributed by atoms with E-state index in [1.165, 1.54) is 0 Å². The maximum absolute atomic E-state index is 12.0. The normalized spacial score (nSPS) is 12.3. The minimum atomic E-state index is -1.56. The molecule has 0 aromatic rings. The molecule has 0 N–H and O–H groups in total. The highest BCUT2D eigenvalue weighted by atomic mass is 19.1. The molecule has 0 aliphatic carbocycles. The van der Waals surface area contributed by atoms with Crippen LogP contribution in [0.3, 0.4) is 0 Å². The summed E-state index contributed by atoms with van der Waals surface area (Å²) >= 11 is 0. The fraction of sp³-hybridized carbons (Fsp3) is 0.667. The Bertz CT molecular complexity index is 142. The number of carbonyl (C=O) groups is 2. The third-order valence-electron chi connectivity index (χ3n) is 0.861. The first-order valence-corrected chi connectivity index (χ1v) is 2.84. The number of Topliss-reactive ketones (excluding diaryl/α,β-unsaturated/α-hetero) is 1. The highest BCUT2D eigenvalue weighted by Crippen LogP contribution is 1.91. The maximum atomic E-state index is 12.0. The van der Waals surface area contributed by atoms with Gasteiger partial charge in [0.1, 0.15) is 0 Å². The van der Waals surface area contributed by atoms with Crippen molar-refractivity contribution in [3.05, 3.63) is 0 Å². The van der Waals surface area contributed by atoms with Gasteiger partial charge in [-0.3, -0.25) is 9.59 Å². The van der Waals surface area contributed by atoms with E-state index < -0.39 is 24.5 Å². The molecular weight excluding hydrogens is 139 g/mol. The monoisotopic (exact) mass is 148 g/mol. The van der Waals surface area contributed by atoms with Gasteiger partial charge in [0.25, 0.3) is 0 Å². The third-order valence-corrected chi connectivity index (χ3v) is 0.861. The first kappa shape index (κ1) is 9.07. The van der Waals surface area contributed by atoms with Crippen LogP contribution in [0.4, 0.5) is 4.39 Å². The SMILES string of the molecule is CC(=O)OCC(=O)C(C)F. The second-order valence-electron chi connectivity index (χ2n) is 1.86. The first-order valence-electron chi connectivity index (χ1n) is 2.84. The van der Waals surface area contributed by atoms with Gasteiger partial charge in [-0.2, -0.15) is 0 Å². The third kappa shape index (κ3) is 4.00. The van der Waals surface area contributed by atoms with Gasteiger partial charge in [-0.15, -0.1) is 0 Å². The molecule has 0 heterocycles. The van der Waals surface area contributed by atoms with Crippen molar-refractivity contribution in [3.8, 4) is 0 Å². The molecule has 0 fully saturated rings. The minimum Gasteiger partial charge on any atom is -0.458 e. The van der Waals surface area contributed by atoms with E-state index in [0.29, 0.717) is 0 Å². The van der Waals surface area contributed by atoms with Gasteiger partial charge >= 0.3 is 5.97 Å². The van der Waals surface area contributed by atoms with Crippen LogP contribution in [0.25, 0.3) is 0 Å². The average Bonchev–Trinajstić information content (AvgIpc) is 1.82. The molecule has 0 spiro atoms. The van der Waals surface area contributed by atoms with Crippen LogP contribution in [0.1, 0.15) is 13.8 Å². The molecule has 1 atom stereocenters. The molecule has 0 aliphatic rings. The molecule has 10 heavy (non-hydrogen) atoms. The molecule has 0 rings (SSSR count). The summed E-state index contributed by atoms with van der Waals surface area (Å²) in [6.45, 7) is 1.80. The molecule has 0 aromatic heterocycles. The Morgan fingerprint density at radius 2 is 2.10 bits per heavy atom. The van der Waals surface area contributed by atoms with Crippen molar-refractivity contribution >= 4 is 11.8 Å². The number of ether oxygens (including phenoxy) is 1. The van der Waals surface area contributed by atoms with E-state index in [0.717, 1.165) is 13.8 Å². The summed E-state index contributed by atoms with van der Waals surface area (Å²) in [4.78, 5) is 20.5. The lowest BCUT2D eigenvalue weighted by Gasteiger charge is -2.00. The number of rotatable bonds is 3. The fourth-order valence-corrected chi connectivity index (χ4v) is 0.288. The summed E-state index contributed by atoms with van der Waals surface area (Å²) in [5.74, 6) is -1.29. The zero-order valence-electron chi connectivity index (χ0n) is 5.89. The van der Waals surface area contributed by atoms with Crippen LogP contribution in [-0.4, -0.2) is 24.5 Å². The summed E-state index contributed by atoms with van der Waals surface area (Å²) in [5, 5.41) is 0. The lowest BCUT2D eigenvalue weighted by Crippen LogP contribution is -2.19. The summed E-state index contributed by atoms with van der Waals surface area (Å²) in [7, 11) is 0. The van der Waals surface area contributed by atoms with Gasteiger partial charge in [-0.05, 0) is 6.92 Å². The summed E-state index contributed by atoms with van der Waals surface area (Å²) < 4.78 is 16.2. The Morgan fingerprint density at radius 3 is 2.40 bits per heavy atom. The Hall–Kier alpha value is -0.930. The fourth-order valence-electron chi connectivity index (χ4n) is 0.288. The molecule has 1 unspecified atom stereocenters. The van der Waals surface area contributed by atoms with Crippen molar-refractivity contribution in [2.45, 2.75) is 20.0 Å². The zero-order valence-corrected chi connectivity index (χ0v) is 5.89. The Morgan fingerprint density at radius 1 is 1.60 bits per heavy atom. The number of carbonyl (C=O) groups excluding carboxylic acids is 2. The molecule has 4 heteroatoms. The summed E-state index contributed by atoms with van der Waals surface area (Å²) in [6.07, 6.45) is -1.56. The second-order valence-corrected chi connectivity index (χ2v) is 1.86. The molecule has 0 aromatic carbocycles. The highest BCUT2D eigenvalue weighted by molar-refractivity contribution is 5.85. The van der Waals surface area contributed by atoms with Gasteiger partial charge in [0, 0.05) is 6.92 Å². The number of hydrogen-bond acceptors (Lipinski definition) is 3. The van der Waals surface area contributed by atoms with Gasteiger partial charge in [-0.25, -0.2) is 4.39 Å². The number of halogens is 1. The number of ketones is 1. The maximum Gasteiger partial charge on any atom is 0.303 e. The predicted octanol–water partition coefficient (Wildman–Crippen LogP) is 0.477.